The Kier molecular flexibility index (Phi) is 6.02. The number of aryl methyl sites for hydroxylation is 2. The summed E-state index contributed by atoms with van der Waals surface area (Å²) in [6.07, 6.45) is 5.26. The highest BCUT2D eigenvalue weighted by atomic mass is 35.5. The van der Waals surface area contributed by atoms with E-state index in [-0.39, 0.29) is 0 Å². The van der Waals surface area contributed by atoms with Gasteiger partial charge in [0.25, 0.3) is 0 Å². The monoisotopic (exact) mass is 408 g/mol. The number of nitrogens with zero attached hydrogens (tertiary/aromatic N) is 4. The van der Waals surface area contributed by atoms with E-state index in [1.54, 1.807) is 0 Å². The van der Waals surface area contributed by atoms with E-state index in [4.69, 9.17) is 16.6 Å². The maximum absolute atomic E-state index is 6.02. The highest BCUT2D eigenvalue weighted by Crippen LogP contribution is 2.29. The zero-order valence-electron chi connectivity index (χ0n) is 17.5. The predicted octanol–water partition coefficient (Wildman–Crippen LogP) is 5.06. The van der Waals surface area contributed by atoms with E-state index in [0.717, 1.165) is 49.6 Å². The summed E-state index contributed by atoms with van der Waals surface area (Å²) in [5.74, 6) is 0.546. The molecule has 0 bridgehead atoms. The van der Waals surface area contributed by atoms with Crippen LogP contribution in [-0.2, 0) is 20.0 Å². The second-order valence-corrected chi connectivity index (χ2v) is 8.71. The van der Waals surface area contributed by atoms with Crippen LogP contribution in [0.4, 0.5) is 0 Å². The molecule has 1 aromatic carbocycles. The van der Waals surface area contributed by atoms with Crippen molar-refractivity contribution in [3.05, 3.63) is 81.4 Å². The number of halogens is 1. The van der Waals surface area contributed by atoms with Gasteiger partial charge in [0.1, 0.15) is 0 Å². The lowest BCUT2D eigenvalue weighted by Gasteiger charge is -2.31. The fourth-order valence-electron chi connectivity index (χ4n) is 4.24. The number of hydrogen-bond acceptors (Lipinski definition) is 3. The van der Waals surface area contributed by atoms with Gasteiger partial charge in [0.15, 0.2) is 0 Å². The van der Waals surface area contributed by atoms with E-state index < -0.39 is 0 Å². The van der Waals surface area contributed by atoms with Gasteiger partial charge >= 0.3 is 0 Å². The van der Waals surface area contributed by atoms with Crippen LogP contribution in [0.15, 0.2) is 42.6 Å². The zero-order chi connectivity index (χ0) is 20.4. The topological polar surface area (TPSA) is 34.0 Å². The maximum Gasteiger partial charge on any atom is 0.0537 e. The minimum atomic E-state index is 0.546. The first-order valence-electron chi connectivity index (χ1n) is 10.4. The third-order valence-electron chi connectivity index (χ3n) is 6.09. The Bertz CT molecular complexity index is 969. The standard InChI is InChI=1S/C24H29ClN4/c1-17-12-20(13-19-4-6-23(25)7-5-19)14-24(27-17)21-8-10-29(11-9-21)16-22-15-26-28(3)18(22)2/h4-7,12,14-15,21H,8-11,13,16H2,1-3H3. The molecular formula is C24H29ClN4. The van der Waals surface area contributed by atoms with Crippen molar-refractivity contribution >= 4 is 11.6 Å². The van der Waals surface area contributed by atoms with Gasteiger partial charge in [-0.1, -0.05) is 23.7 Å². The molecule has 1 aliphatic heterocycles. The van der Waals surface area contributed by atoms with Crippen molar-refractivity contribution in [2.75, 3.05) is 13.1 Å². The van der Waals surface area contributed by atoms with Gasteiger partial charge in [0.2, 0.25) is 0 Å². The molecule has 2 aromatic heterocycles. The lowest BCUT2D eigenvalue weighted by molar-refractivity contribution is 0.203. The molecule has 3 heterocycles. The van der Waals surface area contributed by atoms with Gasteiger partial charge in [0.05, 0.1) is 6.20 Å². The van der Waals surface area contributed by atoms with Crippen LogP contribution >= 0.6 is 11.6 Å². The van der Waals surface area contributed by atoms with Crippen LogP contribution in [-0.4, -0.2) is 32.8 Å². The van der Waals surface area contributed by atoms with E-state index in [2.05, 4.69) is 48.1 Å². The van der Waals surface area contributed by atoms with Crippen molar-refractivity contribution in [3.63, 3.8) is 0 Å². The molecule has 0 unspecified atom stereocenters. The number of likely N-dealkylation sites (tertiary alicyclic amines) is 1. The molecule has 5 heteroatoms. The minimum absolute atomic E-state index is 0.546. The van der Waals surface area contributed by atoms with Crippen molar-refractivity contribution < 1.29 is 0 Å². The number of piperidine rings is 1. The normalized spacial score (nSPS) is 15.7. The summed E-state index contributed by atoms with van der Waals surface area (Å²) in [7, 11) is 2.01. The lowest BCUT2D eigenvalue weighted by Crippen LogP contribution is -2.32. The summed E-state index contributed by atoms with van der Waals surface area (Å²) in [4.78, 5) is 7.43. The molecule has 29 heavy (non-hydrogen) atoms. The zero-order valence-corrected chi connectivity index (χ0v) is 18.3. The molecule has 3 aromatic rings. The molecule has 0 radical (unpaired) electrons. The van der Waals surface area contributed by atoms with Crippen LogP contribution in [0.3, 0.4) is 0 Å². The second-order valence-electron chi connectivity index (χ2n) is 8.27. The van der Waals surface area contributed by atoms with Gasteiger partial charge in [-0.25, -0.2) is 0 Å². The van der Waals surface area contributed by atoms with E-state index in [1.807, 2.05) is 30.1 Å². The Morgan fingerprint density at radius 1 is 1.03 bits per heavy atom. The summed E-state index contributed by atoms with van der Waals surface area (Å²) in [6.45, 7) is 7.47. The van der Waals surface area contributed by atoms with Gasteiger partial charge in [-0.15, -0.1) is 0 Å². The fraction of sp³-hybridized carbons (Fsp3) is 0.417. The molecular weight excluding hydrogens is 380 g/mol. The number of aromatic nitrogens is 3. The highest BCUT2D eigenvalue weighted by molar-refractivity contribution is 6.30. The minimum Gasteiger partial charge on any atom is -0.299 e. The van der Waals surface area contributed by atoms with Crippen LogP contribution in [0, 0.1) is 13.8 Å². The number of benzene rings is 1. The highest BCUT2D eigenvalue weighted by Gasteiger charge is 2.23. The molecule has 1 aliphatic rings. The smallest absolute Gasteiger partial charge is 0.0537 e. The molecule has 152 valence electrons. The second kappa shape index (κ2) is 8.68. The number of rotatable bonds is 5. The van der Waals surface area contributed by atoms with Crippen molar-refractivity contribution in [2.24, 2.45) is 7.05 Å². The van der Waals surface area contributed by atoms with Gasteiger partial charge in [-0.3, -0.25) is 14.6 Å². The first kappa shape index (κ1) is 20.1. The quantitative estimate of drug-likeness (QED) is 0.592. The third-order valence-corrected chi connectivity index (χ3v) is 6.34. The molecule has 4 rings (SSSR count). The lowest BCUT2D eigenvalue weighted by atomic mass is 9.91. The first-order valence-corrected chi connectivity index (χ1v) is 10.8. The van der Waals surface area contributed by atoms with E-state index in [0.29, 0.717) is 5.92 Å². The number of pyridine rings is 1. The van der Waals surface area contributed by atoms with Crippen molar-refractivity contribution in [1.82, 2.24) is 19.7 Å². The van der Waals surface area contributed by atoms with Crippen LogP contribution in [0.2, 0.25) is 5.02 Å². The first-order chi connectivity index (χ1) is 14.0. The van der Waals surface area contributed by atoms with Crippen molar-refractivity contribution in [3.8, 4) is 0 Å². The van der Waals surface area contributed by atoms with E-state index in [9.17, 15) is 0 Å². The average molecular weight is 409 g/mol. The predicted molar refractivity (Wildman–Crippen MR) is 118 cm³/mol. The molecule has 0 spiro atoms. The molecule has 4 nitrogen and oxygen atoms in total. The molecule has 0 atom stereocenters. The largest absolute Gasteiger partial charge is 0.299 e. The summed E-state index contributed by atoms with van der Waals surface area (Å²) in [5.41, 5.74) is 7.59. The molecule has 0 amide bonds. The Morgan fingerprint density at radius 3 is 2.41 bits per heavy atom. The summed E-state index contributed by atoms with van der Waals surface area (Å²) in [6, 6.07) is 12.7. The maximum atomic E-state index is 6.02. The number of hydrogen-bond donors (Lipinski definition) is 0. The van der Waals surface area contributed by atoms with Crippen molar-refractivity contribution in [1.29, 1.82) is 0 Å². The Hall–Kier alpha value is -2.17. The summed E-state index contributed by atoms with van der Waals surface area (Å²) < 4.78 is 1.96. The van der Waals surface area contributed by atoms with Crippen LogP contribution in [0.25, 0.3) is 0 Å². The Labute approximate surface area is 178 Å². The van der Waals surface area contributed by atoms with Crippen LogP contribution in [0.1, 0.15) is 52.5 Å². The summed E-state index contributed by atoms with van der Waals surface area (Å²) in [5, 5.41) is 5.16. The Morgan fingerprint density at radius 2 is 1.76 bits per heavy atom. The molecule has 1 saturated heterocycles. The molecule has 1 fully saturated rings. The van der Waals surface area contributed by atoms with Gasteiger partial charge < -0.3 is 0 Å². The third kappa shape index (κ3) is 4.88. The Balaban J connectivity index is 1.40. The molecule has 0 N–H and O–H groups in total. The fourth-order valence-corrected chi connectivity index (χ4v) is 4.37. The van der Waals surface area contributed by atoms with E-state index >= 15 is 0 Å². The van der Waals surface area contributed by atoms with Gasteiger partial charge in [-0.05, 0) is 81.6 Å². The van der Waals surface area contributed by atoms with Crippen LogP contribution in [0.5, 0.6) is 0 Å². The molecule has 0 aliphatic carbocycles. The van der Waals surface area contributed by atoms with E-state index in [1.165, 1.54) is 28.1 Å². The average Bonchev–Trinajstić information content (AvgIpc) is 3.02. The SMILES string of the molecule is Cc1cc(Cc2ccc(Cl)cc2)cc(C2CCN(Cc3cnn(C)c3C)CC2)n1. The van der Waals surface area contributed by atoms with Gasteiger partial charge in [-0.2, -0.15) is 5.10 Å². The molecule has 0 saturated carbocycles. The van der Waals surface area contributed by atoms with Gasteiger partial charge in [0, 0.05) is 47.2 Å². The summed E-state index contributed by atoms with van der Waals surface area (Å²) >= 11 is 6.02. The van der Waals surface area contributed by atoms with Crippen LogP contribution < -0.4 is 0 Å². The van der Waals surface area contributed by atoms with Crippen molar-refractivity contribution in [2.45, 2.75) is 45.6 Å².